The molecule has 0 saturated carbocycles. The van der Waals surface area contributed by atoms with E-state index in [0.29, 0.717) is 20.4 Å². The number of phenols is 1. The molecular formula is C16H10Br2N6O. The van der Waals surface area contributed by atoms with Gasteiger partial charge in [0.05, 0.1) is 15.2 Å². The highest BCUT2D eigenvalue weighted by molar-refractivity contribution is 9.11. The minimum atomic E-state index is 0.149. The molecule has 0 spiro atoms. The smallest absolute Gasteiger partial charge is 0.185 e. The highest BCUT2D eigenvalue weighted by atomic mass is 79.9. The van der Waals surface area contributed by atoms with Gasteiger partial charge in [-0.2, -0.15) is 9.62 Å². The van der Waals surface area contributed by atoms with Crippen molar-refractivity contribution in [2.24, 2.45) is 5.10 Å². The van der Waals surface area contributed by atoms with Crippen LogP contribution in [0, 0.1) is 0 Å². The summed E-state index contributed by atoms with van der Waals surface area (Å²) in [5.41, 5.74) is 4.46. The zero-order valence-electron chi connectivity index (χ0n) is 12.6. The number of nitrogens with zero attached hydrogens (tertiary/aromatic N) is 5. The van der Waals surface area contributed by atoms with E-state index in [4.69, 9.17) is 0 Å². The maximum Gasteiger partial charge on any atom is 0.185 e. The quantitative estimate of drug-likeness (QED) is 0.356. The van der Waals surface area contributed by atoms with Gasteiger partial charge in [0.2, 0.25) is 0 Å². The summed E-state index contributed by atoms with van der Waals surface area (Å²) in [5, 5.41) is 28.3. The molecule has 0 unspecified atom stereocenters. The van der Waals surface area contributed by atoms with Crippen molar-refractivity contribution in [2.45, 2.75) is 0 Å². The van der Waals surface area contributed by atoms with Gasteiger partial charge >= 0.3 is 0 Å². The third-order valence-electron chi connectivity index (χ3n) is 3.58. The number of aromatic hydroxyl groups is 1. The van der Waals surface area contributed by atoms with E-state index in [-0.39, 0.29) is 5.75 Å². The van der Waals surface area contributed by atoms with E-state index >= 15 is 0 Å². The largest absolute Gasteiger partial charge is 0.506 e. The minimum Gasteiger partial charge on any atom is -0.506 e. The first-order chi connectivity index (χ1) is 12.1. The second-order valence-corrected chi connectivity index (χ2v) is 6.91. The maximum atomic E-state index is 9.75. The molecule has 2 aromatic carbocycles. The Labute approximate surface area is 158 Å². The van der Waals surface area contributed by atoms with Crippen LogP contribution < -0.4 is 5.43 Å². The van der Waals surface area contributed by atoms with Gasteiger partial charge in [0.25, 0.3) is 0 Å². The average molecular weight is 462 g/mol. The minimum absolute atomic E-state index is 0.149. The lowest BCUT2D eigenvalue weighted by Gasteiger charge is -2.06. The molecule has 4 rings (SSSR count). The van der Waals surface area contributed by atoms with Crippen LogP contribution in [0.1, 0.15) is 5.56 Å². The van der Waals surface area contributed by atoms with E-state index in [2.05, 4.69) is 57.7 Å². The summed E-state index contributed by atoms with van der Waals surface area (Å²) in [7, 11) is 0. The molecule has 0 aliphatic heterocycles. The van der Waals surface area contributed by atoms with Gasteiger partial charge in [-0.3, -0.25) is 5.43 Å². The van der Waals surface area contributed by atoms with Crippen molar-refractivity contribution in [3.63, 3.8) is 0 Å². The standard InChI is InChI=1S/C16H10Br2N6O/c17-12-5-9(6-13(18)14(12)25)7-19-21-15-10-3-1-2-4-11(10)16-22-20-8-24(16)23-15/h1-8,25H,(H,21,23)/b19-7+. The maximum absolute atomic E-state index is 9.75. The number of fused-ring (bicyclic) bond motifs is 3. The second-order valence-electron chi connectivity index (χ2n) is 5.20. The Morgan fingerprint density at radius 2 is 1.84 bits per heavy atom. The van der Waals surface area contributed by atoms with Crippen LogP contribution in [-0.4, -0.2) is 31.1 Å². The highest BCUT2D eigenvalue weighted by Gasteiger charge is 2.09. The molecule has 0 fully saturated rings. The molecule has 2 N–H and O–H groups in total. The first-order valence-corrected chi connectivity index (χ1v) is 8.78. The lowest BCUT2D eigenvalue weighted by atomic mass is 10.2. The summed E-state index contributed by atoms with van der Waals surface area (Å²) >= 11 is 6.59. The van der Waals surface area contributed by atoms with E-state index in [1.807, 2.05) is 24.3 Å². The van der Waals surface area contributed by atoms with Crippen LogP contribution in [0.4, 0.5) is 5.82 Å². The number of halogens is 2. The predicted molar refractivity (Wildman–Crippen MR) is 103 cm³/mol. The SMILES string of the molecule is Oc1c(Br)cc(/C=N/Nc2nn3cnnc3c3ccccc23)cc1Br. The molecule has 0 amide bonds. The van der Waals surface area contributed by atoms with Crippen LogP contribution in [0.15, 0.2) is 56.8 Å². The van der Waals surface area contributed by atoms with Gasteiger partial charge in [0, 0.05) is 10.8 Å². The van der Waals surface area contributed by atoms with Crippen molar-refractivity contribution >= 4 is 60.3 Å². The molecule has 25 heavy (non-hydrogen) atoms. The van der Waals surface area contributed by atoms with E-state index in [9.17, 15) is 5.11 Å². The number of phenolic OH excluding ortho intramolecular Hbond substituents is 1. The lowest BCUT2D eigenvalue weighted by molar-refractivity contribution is 0.468. The molecule has 0 aliphatic rings. The van der Waals surface area contributed by atoms with Crippen LogP contribution in [-0.2, 0) is 0 Å². The third kappa shape index (κ3) is 2.96. The van der Waals surface area contributed by atoms with Gasteiger partial charge in [-0.05, 0) is 49.6 Å². The van der Waals surface area contributed by atoms with E-state index in [0.717, 1.165) is 16.3 Å². The molecular weight excluding hydrogens is 452 g/mol. The molecule has 0 saturated heterocycles. The number of nitrogens with one attached hydrogen (secondary N) is 1. The molecule has 124 valence electrons. The fourth-order valence-corrected chi connectivity index (χ4v) is 3.66. The summed E-state index contributed by atoms with van der Waals surface area (Å²) in [5.74, 6) is 0.742. The van der Waals surface area contributed by atoms with Gasteiger partial charge in [-0.25, -0.2) is 0 Å². The molecule has 9 heteroatoms. The predicted octanol–water partition coefficient (Wildman–Crippen LogP) is 3.95. The Morgan fingerprint density at radius 1 is 1.12 bits per heavy atom. The van der Waals surface area contributed by atoms with E-state index in [1.54, 1.807) is 29.2 Å². The molecule has 7 nitrogen and oxygen atoms in total. The topological polar surface area (TPSA) is 87.7 Å². The molecule has 0 radical (unpaired) electrons. The Hall–Kier alpha value is -2.52. The first-order valence-electron chi connectivity index (χ1n) is 7.19. The van der Waals surface area contributed by atoms with Crippen molar-refractivity contribution < 1.29 is 5.11 Å². The Morgan fingerprint density at radius 3 is 2.60 bits per heavy atom. The van der Waals surface area contributed by atoms with Gasteiger partial charge in [-0.1, -0.05) is 24.3 Å². The van der Waals surface area contributed by atoms with Gasteiger partial charge in [0.15, 0.2) is 11.5 Å². The molecule has 2 heterocycles. The highest BCUT2D eigenvalue weighted by Crippen LogP contribution is 2.32. The van der Waals surface area contributed by atoms with Crippen LogP contribution in [0.2, 0.25) is 0 Å². The molecule has 4 aromatic rings. The summed E-state index contributed by atoms with van der Waals surface area (Å²) in [6.07, 6.45) is 3.19. The van der Waals surface area contributed by atoms with Crippen LogP contribution in [0.3, 0.4) is 0 Å². The molecule has 2 aromatic heterocycles. The fraction of sp³-hybridized carbons (Fsp3) is 0. The second kappa shape index (κ2) is 6.41. The fourth-order valence-electron chi connectivity index (χ4n) is 2.44. The lowest BCUT2D eigenvalue weighted by Crippen LogP contribution is -2.00. The average Bonchev–Trinajstić information content (AvgIpc) is 3.08. The summed E-state index contributed by atoms with van der Waals surface area (Å²) in [6, 6.07) is 11.3. The van der Waals surface area contributed by atoms with E-state index < -0.39 is 0 Å². The van der Waals surface area contributed by atoms with Gasteiger partial charge < -0.3 is 5.11 Å². The van der Waals surface area contributed by atoms with Crippen molar-refractivity contribution in [1.29, 1.82) is 0 Å². The van der Waals surface area contributed by atoms with Crippen molar-refractivity contribution in [3.05, 3.63) is 57.2 Å². The normalized spacial score (nSPS) is 11.6. The number of rotatable bonds is 3. The zero-order valence-corrected chi connectivity index (χ0v) is 15.7. The first kappa shape index (κ1) is 16.0. The zero-order chi connectivity index (χ0) is 17.4. The number of hydrogen-bond donors (Lipinski definition) is 2. The van der Waals surface area contributed by atoms with Gasteiger partial charge in [0.1, 0.15) is 12.1 Å². The van der Waals surface area contributed by atoms with Crippen molar-refractivity contribution in [2.75, 3.05) is 5.43 Å². The number of aromatic nitrogens is 4. The number of hydrazone groups is 1. The molecule has 0 aliphatic carbocycles. The molecule has 0 bridgehead atoms. The van der Waals surface area contributed by atoms with Crippen LogP contribution in [0.5, 0.6) is 5.75 Å². The van der Waals surface area contributed by atoms with E-state index in [1.165, 1.54) is 0 Å². The Balaban J connectivity index is 1.70. The number of benzene rings is 2. The molecule has 0 atom stereocenters. The van der Waals surface area contributed by atoms with Crippen LogP contribution in [0.25, 0.3) is 16.4 Å². The summed E-state index contributed by atoms with van der Waals surface area (Å²) in [4.78, 5) is 0. The Kier molecular flexibility index (Phi) is 4.10. The summed E-state index contributed by atoms with van der Waals surface area (Å²) < 4.78 is 2.77. The Bertz CT molecular complexity index is 1100. The van der Waals surface area contributed by atoms with Gasteiger partial charge in [-0.15, -0.1) is 15.3 Å². The third-order valence-corrected chi connectivity index (χ3v) is 4.79. The van der Waals surface area contributed by atoms with Crippen molar-refractivity contribution in [1.82, 2.24) is 19.8 Å². The van der Waals surface area contributed by atoms with Crippen molar-refractivity contribution in [3.8, 4) is 5.75 Å². The summed E-state index contributed by atoms with van der Waals surface area (Å²) in [6.45, 7) is 0. The monoisotopic (exact) mass is 460 g/mol. The van der Waals surface area contributed by atoms with Crippen LogP contribution >= 0.6 is 31.9 Å². The number of hydrogen-bond acceptors (Lipinski definition) is 6. The number of anilines is 1.